The van der Waals surface area contributed by atoms with Crippen LogP contribution in [0.15, 0.2) is 42.5 Å². The number of alkyl halides is 3. The normalized spacial score (nSPS) is 26.4. The molecular formula is C35H38F3N3O4S. The second kappa shape index (κ2) is 12.2. The summed E-state index contributed by atoms with van der Waals surface area (Å²) in [6.45, 7) is 4.30. The number of nitrogens with zero attached hydrogens (tertiary/aromatic N) is 3. The predicted octanol–water partition coefficient (Wildman–Crippen LogP) is 7.41. The molecule has 1 saturated heterocycles. The van der Waals surface area contributed by atoms with Crippen molar-refractivity contribution in [3.63, 3.8) is 0 Å². The highest BCUT2D eigenvalue weighted by atomic mass is 32.1. The van der Waals surface area contributed by atoms with E-state index in [0.717, 1.165) is 40.3 Å². The summed E-state index contributed by atoms with van der Waals surface area (Å²) in [5.41, 5.74) is -1.81. The maximum absolute atomic E-state index is 13.6. The van der Waals surface area contributed by atoms with Gasteiger partial charge in [0, 0.05) is 13.0 Å². The van der Waals surface area contributed by atoms with Crippen molar-refractivity contribution < 1.29 is 32.2 Å². The molecule has 7 rings (SSSR count). The molecule has 4 aliphatic carbocycles. The van der Waals surface area contributed by atoms with Crippen molar-refractivity contribution in [1.82, 2.24) is 4.90 Å². The molecule has 2 aromatic carbocycles. The van der Waals surface area contributed by atoms with Gasteiger partial charge in [-0.15, -0.1) is 0 Å². The molecule has 2 aromatic rings. The lowest BCUT2D eigenvalue weighted by Crippen LogP contribution is -2.47. The lowest BCUT2D eigenvalue weighted by Gasteiger charge is -2.56. The van der Waals surface area contributed by atoms with E-state index in [1.165, 1.54) is 44.6 Å². The van der Waals surface area contributed by atoms with Crippen LogP contribution in [0.4, 0.5) is 18.9 Å². The molecule has 0 unspecified atom stereocenters. The monoisotopic (exact) mass is 653 g/mol. The molecule has 46 heavy (non-hydrogen) atoms. The molecule has 244 valence electrons. The third kappa shape index (κ3) is 6.33. The summed E-state index contributed by atoms with van der Waals surface area (Å²) >= 11 is 5.59. The number of carbonyl (C=O) groups excluding carboxylic acids is 2. The molecule has 1 aliphatic heterocycles. The fourth-order valence-corrected chi connectivity index (χ4v) is 8.99. The zero-order chi connectivity index (χ0) is 32.9. The number of benzene rings is 2. The van der Waals surface area contributed by atoms with Gasteiger partial charge in [-0.3, -0.25) is 14.5 Å². The third-order valence-corrected chi connectivity index (χ3v) is 10.7. The lowest BCUT2D eigenvalue weighted by molar-refractivity contribution is -0.152. The summed E-state index contributed by atoms with van der Waals surface area (Å²) in [6.07, 6.45) is 3.96. The van der Waals surface area contributed by atoms with Gasteiger partial charge in [-0.25, -0.2) is 0 Å². The van der Waals surface area contributed by atoms with Crippen LogP contribution in [0.5, 0.6) is 5.75 Å². The largest absolute Gasteiger partial charge is 0.493 e. The van der Waals surface area contributed by atoms with Gasteiger partial charge in [0.25, 0.3) is 5.91 Å². The Morgan fingerprint density at radius 1 is 1.02 bits per heavy atom. The highest BCUT2D eigenvalue weighted by Crippen LogP contribution is 2.61. The van der Waals surface area contributed by atoms with Gasteiger partial charge >= 0.3 is 12.1 Å². The Morgan fingerprint density at radius 2 is 1.65 bits per heavy atom. The number of carbonyl (C=O) groups is 2. The van der Waals surface area contributed by atoms with Crippen molar-refractivity contribution >= 4 is 34.9 Å². The highest BCUT2D eigenvalue weighted by Gasteiger charge is 2.52. The number of hydrogen-bond acceptors (Lipinski definition) is 6. The van der Waals surface area contributed by atoms with Crippen LogP contribution >= 0.6 is 12.2 Å². The molecule has 4 bridgehead atoms. The van der Waals surface area contributed by atoms with Crippen LogP contribution in [0.3, 0.4) is 0 Å². The zero-order valence-corrected chi connectivity index (χ0v) is 26.9. The van der Waals surface area contributed by atoms with Crippen LogP contribution in [0.25, 0.3) is 0 Å². The standard InChI is InChI=1S/C35H38F3N3O4S/c1-33(2)31(43)41(27-7-6-26(20-39)29(15-27)35(36,37)38)32(46)40(33)21-22-4-8-28(9-5-22)44-10-3-11-45-30(42)19-34-16-23-12-24(17-34)14-25(13-23)18-34/h4-9,15,23-25H,3,10-14,16-19,21H2,1-2H3. The van der Waals surface area contributed by atoms with E-state index in [1.54, 1.807) is 36.9 Å². The Morgan fingerprint density at radius 3 is 2.24 bits per heavy atom. The molecule has 4 saturated carbocycles. The maximum Gasteiger partial charge on any atom is 0.417 e. The minimum Gasteiger partial charge on any atom is -0.493 e. The number of esters is 1. The van der Waals surface area contributed by atoms with Crippen LogP contribution in [0.2, 0.25) is 0 Å². The van der Waals surface area contributed by atoms with Gasteiger partial charge in [0.2, 0.25) is 0 Å². The Labute approximate surface area is 272 Å². The smallest absolute Gasteiger partial charge is 0.417 e. The Hall–Kier alpha value is -3.65. The molecule has 1 amide bonds. The third-order valence-electron chi connectivity index (χ3n) is 10.3. The SMILES string of the molecule is CC1(C)C(=O)N(c2ccc(C#N)c(C(F)(F)F)c2)C(=S)N1Cc1ccc(OCCCOC(=O)CC23CC4CC(CC(C4)C2)C3)cc1. The summed E-state index contributed by atoms with van der Waals surface area (Å²) in [7, 11) is 0. The van der Waals surface area contributed by atoms with Crippen molar-refractivity contribution in [2.24, 2.45) is 23.2 Å². The van der Waals surface area contributed by atoms with Gasteiger partial charge in [-0.2, -0.15) is 18.4 Å². The number of nitriles is 1. The van der Waals surface area contributed by atoms with Crippen LogP contribution in [0, 0.1) is 34.5 Å². The fourth-order valence-electron chi connectivity index (χ4n) is 8.50. The van der Waals surface area contributed by atoms with Crippen molar-refractivity contribution in [1.29, 1.82) is 5.26 Å². The molecule has 1 heterocycles. The van der Waals surface area contributed by atoms with Gasteiger partial charge in [0.05, 0.1) is 42.5 Å². The number of thiocarbonyl (C=S) groups is 1. The number of halogens is 3. The summed E-state index contributed by atoms with van der Waals surface area (Å²) < 4.78 is 52.2. The Balaban J connectivity index is 0.993. The average molecular weight is 654 g/mol. The first kappa shape index (κ1) is 32.3. The van der Waals surface area contributed by atoms with Crippen molar-refractivity contribution in [3.8, 4) is 11.8 Å². The Bertz CT molecular complexity index is 1530. The average Bonchev–Trinajstić information content (AvgIpc) is 3.14. The van der Waals surface area contributed by atoms with E-state index in [2.05, 4.69) is 0 Å². The van der Waals surface area contributed by atoms with Gasteiger partial charge < -0.3 is 14.4 Å². The van der Waals surface area contributed by atoms with Crippen LogP contribution in [-0.4, -0.2) is 40.6 Å². The number of hydrogen-bond donors (Lipinski definition) is 0. The van der Waals surface area contributed by atoms with E-state index < -0.39 is 28.7 Å². The van der Waals surface area contributed by atoms with Crippen molar-refractivity contribution in [3.05, 3.63) is 59.2 Å². The minimum absolute atomic E-state index is 0.0425. The van der Waals surface area contributed by atoms with Gasteiger partial charge in [-0.1, -0.05) is 12.1 Å². The molecular weight excluding hydrogens is 615 g/mol. The quantitative estimate of drug-likeness (QED) is 0.150. The molecule has 0 radical (unpaired) electrons. The second-order valence-electron chi connectivity index (χ2n) is 14.1. The topological polar surface area (TPSA) is 82.9 Å². The fraction of sp³-hybridized carbons (Fsp3) is 0.543. The molecule has 7 nitrogen and oxygen atoms in total. The second-order valence-corrected chi connectivity index (χ2v) is 14.4. The van der Waals surface area contributed by atoms with E-state index in [4.69, 9.17) is 27.0 Å². The molecule has 0 spiro atoms. The summed E-state index contributed by atoms with van der Waals surface area (Å²) in [6, 6.07) is 12.0. The van der Waals surface area contributed by atoms with E-state index in [9.17, 15) is 22.8 Å². The predicted molar refractivity (Wildman–Crippen MR) is 169 cm³/mol. The number of rotatable bonds is 10. The molecule has 5 aliphatic rings. The molecule has 0 atom stereocenters. The molecule has 0 N–H and O–H groups in total. The van der Waals surface area contributed by atoms with E-state index in [1.807, 2.05) is 12.1 Å². The van der Waals surface area contributed by atoms with Crippen LogP contribution in [0.1, 0.15) is 81.9 Å². The van der Waals surface area contributed by atoms with E-state index in [0.29, 0.717) is 31.8 Å². The van der Waals surface area contributed by atoms with Gasteiger partial charge in [-0.05, 0) is 124 Å². The number of ether oxygens (including phenoxy) is 2. The Kier molecular flexibility index (Phi) is 8.55. The maximum atomic E-state index is 13.6. The van der Waals surface area contributed by atoms with Crippen molar-refractivity contribution in [2.45, 2.75) is 83.5 Å². The number of amides is 1. The van der Waals surface area contributed by atoms with E-state index in [-0.39, 0.29) is 28.7 Å². The summed E-state index contributed by atoms with van der Waals surface area (Å²) in [5.74, 6) is 2.50. The highest BCUT2D eigenvalue weighted by molar-refractivity contribution is 7.80. The van der Waals surface area contributed by atoms with Crippen molar-refractivity contribution in [2.75, 3.05) is 18.1 Å². The zero-order valence-electron chi connectivity index (χ0n) is 26.1. The summed E-state index contributed by atoms with van der Waals surface area (Å²) in [5, 5.41) is 9.21. The van der Waals surface area contributed by atoms with E-state index >= 15 is 0 Å². The van der Waals surface area contributed by atoms with Gasteiger partial charge in [0.15, 0.2) is 5.11 Å². The summed E-state index contributed by atoms with van der Waals surface area (Å²) in [4.78, 5) is 28.8. The first-order chi connectivity index (χ1) is 21.8. The van der Waals surface area contributed by atoms with Crippen LogP contribution < -0.4 is 9.64 Å². The first-order valence-electron chi connectivity index (χ1n) is 15.9. The lowest BCUT2D eigenvalue weighted by atomic mass is 9.49. The molecule has 5 fully saturated rings. The molecule has 11 heteroatoms. The van der Waals surface area contributed by atoms with Gasteiger partial charge in [0.1, 0.15) is 11.3 Å². The minimum atomic E-state index is -4.76. The number of anilines is 1. The molecule has 0 aromatic heterocycles. The van der Waals surface area contributed by atoms with Crippen LogP contribution in [-0.2, 0) is 27.0 Å². The first-order valence-corrected chi connectivity index (χ1v) is 16.3.